The lowest BCUT2D eigenvalue weighted by Gasteiger charge is -2.31. The monoisotopic (exact) mass is 377 g/mol. The van der Waals surface area contributed by atoms with E-state index in [2.05, 4.69) is 39.2 Å². The summed E-state index contributed by atoms with van der Waals surface area (Å²) in [6, 6.07) is 10.1. The third-order valence-corrected chi connectivity index (χ3v) is 6.26. The van der Waals surface area contributed by atoms with Crippen molar-refractivity contribution < 1.29 is 4.79 Å². The number of ketones is 1. The smallest absolute Gasteiger partial charge is 0.166 e. The molecule has 0 amide bonds. The molecule has 0 bridgehead atoms. The molecule has 0 atom stereocenters. The average Bonchev–Trinajstić information content (AvgIpc) is 2.93. The van der Waals surface area contributed by atoms with Crippen LogP contribution in [-0.2, 0) is 6.54 Å². The first kappa shape index (κ1) is 15.9. The molecule has 0 unspecified atom stereocenters. The van der Waals surface area contributed by atoms with Crippen LogP contribution in [0, 0.1) is 12.8 Å². The lowest BCUT2D eigenvalue weighted by atomic mass is 9.88. The van der Waals surface area contributed by atoms with E-state index in [1.165, 1.54) is 14.9 Å². The second-order valence-electron chi connectivity index (χ2n) is 5.97. The van der Waals surface area contributed by atoms with Crippen molar-refractivity contribution in [3.8, 4) is 0 Å². The molecule has 2 aromatic rings. The van der Waals surface area contributed by atoms with Crippen LogP contribution < -0.4 is 0 Å². The summed E-state index contributed by atoms with van der Waals surface area (Å²) in [7, 11) is 0. The molecule has 0 spiro atoms. The zero-order chi connectivity index (χ0) is 15.5. The molecule has 0 radical (unpaired) electrons. The van der Waals surface area contributed by atoms with Crippen LogP contribution in [0.3, 0.4) is 0 Å². The third-order valence-electron chi connectivity index (χ3n) is 4.35. The number of piperidine rings is 1. The van der Waals surface area contributed by atoms with Gasteiger partial charge in [-0.25, -0.2) is 0 Å². The topological polar surface area (TPSA) is 20.3 Å². The Labute approximate surface area is 144 Å². The molecular formula is C18H20BrNOS. The predicted octanol–water partition coefficient (Wildman–Crippen LogP) is 4.91. The second-order valence-corrected chi connectivity index (χ2v) is 7.83. The molecule has 1 fully saturated rings. The average molecular weight is 378 g/mol. The zero-order valence-electron chi connectivity index (χ0n) is 12.7. The standard InChI is InChI=1S/C18H20BrNOS/c1-13-2-4-14(5-3-13)18(21)15-6-9-20(10-7-15)12-17-16(19)8-11-22-17/h2-5,8,11,15H,6-7,9-10,12H2,1H3. The number of likely N-dealkylation sites (tertiary alicyclic amines) is 1. The van der Waals surface area contributed by atoms with Crippen LogP contribution in [0.15, 0.2) is 40.2 Å². The predicted molar refractivity (Wildman–Crippen MR) is 95.5 cm³/mol. The Morgan fingerprint density at radius 2 is 1.91 bits per heavy atom. The number of thiophene rings is 1. The van der Waals surface area contributed by atoms with Crippen molar-refractivity contribution in [3.05, 3.63) is 56.2 Å². The van der Waals surface area contributed by atoms with Gasteiger partial charge in [-0.1, -0.05) is 29.8 Å². The minimum absolute atomic E-state index is 0.186. The van der Waals surface area contributed by atoms with Gasteiger partial charge in [0.1, 0.15) is 0 Å². The first-order chi connectivity index (χ1) is 10.6. The molecule has 1 aliphatic rings. The Morgan fingerprint density at radius 1 is 1.23 bits per heavy atom. The zero-order valence-corrected chi connectivity index (χ0v) is 15.1. The van der Waals surface area contributed by atoms with Crippen LogP contribution in [0.1, 0.15) is 33.6 Å². The fourth-order valence-electron chi connectivity index (χ4n) is 2.95. The van der Waals surface area contributed by atoms with Crippen LogP contribution >= 0.6 is 27.3 Å². The van der Waals surface area contributed by atoms with Crippen molar-refractivity contribution in [1.29, 1.82) is 0 Å². The highest BCUT2D eigenvalue weighted by Crippen LogP contribution is 2.27. The number of carbonyl (C=O) groups excluding carboxylic acids is 1. The van der Waals surface area contributed by atoms with E-state index in [4.69, 9.17) is 0 Å². The molecule has 2 nitrogen and oxygen atoms in total. The summed E-state index contributed by atoms with van der Waals surface area (Å²) >= 11 is 5.39. The van der Waals surface area contributed by atoms with E-state index in [1.54, 1.807) is 11.3 Å². The fourth-order valence-corrected chi connectivity index (χ4v) is 4.47. The van der Waals surface area contributed by atoms with Gasteiger partial charge in [0.15, 0.2) is 5.78 Å². The van der Waals surface area contributed by atoms with E-state index >= 15 is 0 Å². The SMILES string of the molecule is Cc1ccc(C(=O)C2CCN(Cc3sccc3Br)CC2)cc1. The Kier molecular flexibility index (Phi) is 5.11. The van der Waals surface area contributed by atoms with Gasteiger partial charge in [-0.3, -0.25) is 9.69 Å². The van der Waals surface area contributed by atoms with Gasteiger partial charge in [0.2, 0.25) is 0 Å². The highest BCUT2D eigenvalue weighted by atomic mass is 79.9. The molecular weight excluding hydrogens is 358 g/mol. The van der Waals surface area contributed by atoms with Gasteiger partial charge in [0.25, 0.3) is 0 Å². The molecule has 3 rings (SSSR count). The molecule has 116 valence electrons. The number of carbonyl (C=O) groups is 1. The van der Waals surface area contributed by atoms with Crippen molar-refractivity contribution in [3.63, 3.8) is 0 Å². The summed E-state index contributed by atoms with van der Waals surface area (Å²) in [6.45, 7) is 5.05. The first-order valence-corrected chi connectivity index (χ1v) is 9.36. The van der Waals surface area contributed by atoms with Crippen LogP contribution in [0.5, 0.6) is 0 Å². The van der Waals surface area contributed by atoms with Crippen molar-refractivity contribution in [1.82, 2.24) is 4.90 Å². The van der Waals surface area contributed by atoms with Crippen molar-refractivity contribution in [2.75, 3.05) is 13.1 Å². The number of hydrogen-bond acceptors (Lipinski definition) is 3. The van der Waals surface area contributed by atoms with E-state index in [0.717, 1.165) is 38.0 Å². The van der Waals surface area contributed by atoms with Crippen LogP contribution in [-0.4, -0.2) is 23.8 Å². The number of benzene rings is 1. The van der Waals surface area contributed by atoms with Gasteiger partial charge in [-0.15, -0.1) is 11.3 Å². The minimum Gasteiger partial charge on any atom is -0.298 e. The van der Waals surface area contributed by atoms with Gasteiger partial charge in [0.05, 0.1) is 0 Å². The summed E-state index contributed by atoms with van der Waals surface area (Å²) in [4.78, 5) is 16.4. The molecule has 1 aliphatic heterocycles. The Bertz CT molecular complexity index is 641. The Balaban J connectivity index is 1.56. The fraction of sp³-hybridized carbons (Fsp3) is 0.389. The van der Waals surface area contributed by atoms with Gasteiger partial charge in [0, 0.05) is 27.4 Å². The maximum absolute atomic E-state index is 12.6. The Hall–Kier alpha value is -0.970. The number of halogens is 1. The molecule has 0 N–H and O–H groups in total. The third kappa shape index (κ3) is 3.67. The number of nitrogens with zero attached hydrogens (tertiary/aromatic N) is 1. The van der Waals surface area contributed by atoms with E-state index < -0.39 is 0 Å². The summed E-state index contributed by atoms with van der Waals surface area (Å²) < 4.78 is 1.20. The highest BCUT2D eigenvalue weighted by Gasteiger charge is 2.26. The Morgan fingerprint density at radius 3 is 2.50 bits per heavy atom. The maximum Gasteiger partial charge on any atom is 0.166 e. The largest absolute Gasteiger partial charge is 0.298 e. The van der Waals surface area contributed by atoms with Crippen LogP contribution in [0.25, 0.3) is 0 Å². The second kappa shape index (κ2) is 7.07. The molecule has 1 aromatic carbocycles. The van der Waals surface area contributed by atoms with Crippen molar-refractivity contribution in [2.24, 2.45) is 5.92 Å². The van der Waals surface area contributed by atoms with Crippen LogP contribution in [0.4, 0.5) is 0 Å². The molecule has 0 aliphatic carbocycles. The minimum atomic E-state index is 0.186. The van der Waals surface area contributed by atoms with E-state index in [9.17, 15) is 4.79 Å². The van der Waals surface area contributed by atoms with Gasteiger partial charge >= 0.3 is 0 Å². The summed E-state index contributed by atoms with van der Waals surface area (Å²) in [5, 5.41) is 2.12. The molecule has 1 saturated heterocycles. The van der Waals surface area contributed by atoms with Crippen LogP contribution in [0.2, 0.25) is 0 Å². The van der Waals surface area contributed by atoms with Crippen molar-refractivity contribution >= 4 is 33.0 Å². The summed E-state index contributed by atoms with van der Waals surface area (Å²) in [6.07, 6.45) is 1.94. The van der Waals surface area contributed by atoms with Gasteiger partial charge in [-0.2, -0.15) is 0 Å². The van der Waals surface area contributed by atoms with E-state index in [1.807, 2.05) is 24.3 Å². The van der Waals surface area contributed by atoms with Crippen molar-refractivity contribution in [2.45, 2.75) is 26.3 Å². The summed E-state index contributed by atoms with van der Waals surface area (Å²) in [5.74, 6) is 0.502. The molecule has 4 heteroatoms. The number of aryl methyl sites for hydroxylation is 1. The lowest BCUT2D eigenvalue weighted by Crippen LogP contribution is -2.35. The van der Waals surface area contributed by atoms with E-state index in [0.29, 0.717) is 5.78 Å². The number of hydrogen-bond donors (Lipinski definition) is 0. The quantitative estimate of drug-likeness (QED) is 0.705. The molecule has 0 saturated carbocycles. The molecule has 22 heavy (non-hydrogen) atoms. The highest BCUT2D eigenvalue weighted by molar-refractivity contribution is 9.10. The van der Waals surface area contributed by atoms with E-state index in [-0.39, 0.29) is 5.92 Å². The lowest BCUT2D eigenvalue weighted by molar-refractivity contribution is 0.0835. The molecule has 1 aromatic heterocycles. The normalized spacial score (nSPS) is 16.8. The summed E-state index contributed by atoms with van der Waals surface area (Å²) in [5.41, 5.74) is 2.07. The molecule has 2 heterocycles. The van der Waals surface area contributed by atoms with Gasteiger partial charge < -0.3 is 0 Å². The number of rotatable bonds is 4. The maximum atomic E-state index is 12.6. The first-order valence-electron chi connectivity index (χ1n) is 7.68. The number of Topliss-reactive ketones (excluding diaryl/α,β-unsaturated/α-hetero) is 1. The van der Waals surface area contributed by atoms with Gasteiger partial charge in [-0.05, 0) is 60.2 Å².